The molecule has 0 saturated carbocycles. The number of fused-ring (bicyclic) bond motifs is 1. The molecule has 23 heavy (non-hydrogen) atoms. The van der Waals surface area contributed by atoms with E-state index < -0.39 is 5.60 Å². The van der Waals surface area contributed by atoms with E-state index in [1.165, 1.54) is 19.4 Å². The van der Waals surface area contributed by atoms with Crippen LogP contribution in [0.25, 0.3) is 0 Å². The minimum Gasteiger partial charge on any atom is -0.444 e. The molecular weight excluding hydrogens is 292 g/mol. The Morgan fingerprint density at radius 3 is 2.78 bits per heavy atom. The topological polar surface area (TPSA) is 70.8 Å². The Labute approximate surface area is 140 Å². The zero-order valence-corrected chi connectivity index (χ0v) is 15.2. The Morgan fingerprint density at radius 1 is 1.39 bits per heavy atom. The van der Waals surface area contributed by atoms with Crippen molar-refractivity contribution in [2.45, 2.75) is 70.7 Å². The highest BCUT2D eigenvalue weighted by atomic mass is 16.6. The Morgan fingerprint density at radius 2 is 2.13 bits per heavy atom. The largest absolute Gasteiger partial charge is 0.444 e. The minimum absolute atomic E-state index is 0.322. The van der Waals surface area contributed by atoms with Gasteiger partial charge in [0.25, 0.3) is 0 Å². The van der Waals surface area contributed by atoms with E-state index >= 15 is 0 Å². The van der Waals surface area contributed by atoms with Gasteiger partial charge >= 0.3 is 6.09 Å². The third kappa shape index (κ3) is 5.33. The highest BCUT2D eigenvalue weighted by molar-refractivity contribution is 5.67. The van der Waals surface area contributed by atoms with E-state index in [-0.39, 0.29) is 6.09 Å². The van der Waals surface area contributed by atoms with Crippen LogP contribution < -0.4 is 11.1 Å². The average Bonchev–Trinajstić information content (AvgIpc) is 2.88. The zero-order valence-electron chi connectivity index (χ0n) is 15.2. The molecule has 2 rings (SSSR count). The first-order valence-electron chi connectivity index (χ1n) is 8.97. The second kappa shape index (κ2) is 7.81. The average molecular weight is 326 g/mol. The third-order valence-corrected chi connectivity index (χ3v) is 4.87. The molecule has 3 atom stereocenters. The van der Waals surface area contributed by atoms with Crippen LogP contribution in [0.2, 0.25) is 0 Å². The van der Waals surface area contributed by atoms with Crippen molar-refractivity contribution in [2.75, 3.05) is 32.7 Å². The van der Waals surface area contributed by atoms with Crippen LogP contribution in [0.15, 0.2) is 0 Å². The van der Waals surface area contributed by atoms with Crippen molar-refractivity contribution in [3.05, 3.63) is 0 Å². The van der Waals surface area contributed by atoms with E-state index in [1.807, 2.05) is 20.8 Å². The van der Waals surface area contributed by atoms with Crippen molar-refractivity contribution in [1.82, 2.24) is 15.1 Å². The van der Waals surface area contributed by atoms with E-state index in [1.54, 1.807) is 0 Å². The van der Waals surface area contributed by atoms with E-state index in [2.05, 4.69) is 22.0 Å². The van der Waals surface area contributed by atoms with Crippen LogP contribution in [-0.2, 0) is 4.74 Å². The molecule has 6 heteroatoms. The van der Waals surface area contributed by atoms with Gasteiger partial charge in [-0.15, -0.1) is 0 Å². The first-order chi connectivity index (χ1) is 10.8. The van der Waals surface area contributed by atoms with Gasteiger partial charge < -0.3 is 15.8 Å². The normalized spacial score (nSPS) is 27.5. The molecule has 1 amide bonds. The molecule has 2 heterocycles. The number of hydrogen-bond acceptors (Lipinski definition) is 5. The number of nitrogens with zero attached hydrogens (tertiary/aromatic N) is 2. The molecule has 2 fully saturated rings. The highest BCUT2D eigenvalue weighted by Gasteiger charge is 2.36. The minimum atomic E-state index is -0.454. The van der Waals surface area contributed by atoms with Crippen molar-refractivity contribution < 1.29 is 9.53 Å². The summed E-state index contributed by atoms with van der Waals surface area (Å²) in [5.41, 5.74) is 5.57. The Balaban J connectivity index is 1.79. The lowest BCUT2D eigenvalue weighted by Gasteiger charge is -2.46. The van der Waals surface area contributed by atoms with Crippen LogP contribution in [0.5, 0.6) is 0 Å². The quantitative estimate of drug-likeness (QED) is 0.799. The van der Waals surface area contributed by atoms with Crippen LogP contribution in [0, 0.1) is 0 Å². The summed E-state index contributed by atoms with van der Waals surface area (Å²) in [7, 11) is 0. The maximum atomic E-state index is 11.7. The van der Waals surface area contributed by atoms with Crippen molar-refractivity contribution in [3.63, 3.8) is 0 Å². The number of carbonyl (C=O) groups excluding carboxylic acids is 1. The first-order valence-corrected chi connectivity index (χ1v) is 8.97. The molecule has 0 spiro atoms. The summed E-state index contributed by atoms with van der Waals surface area (Å²) in [4.78, 5) is 16.9. The second-order valence-corrected chi connectivity index (χ2v) is 7.94. The van der Waals surface area contributed by atoms with Gasteiger partial charge in [0.1, 0.15) is 5.60 Å². The number of ether oxygens (including phenoxy) is 1. The summed E-state index contributed by atoms with van der Waals surface area (Å²) in [6.45, 7) is 12.6. The first kappa shape index (κ1) is 18.5. The fraction of sp³-hybridized carbons (Fsp3) is 0.941. The molecule has 0 aromatic heterocycles. The monoisotopic (exact) mass is 326 g/mol. The molecule has 2 aliphatic heterocycles. The van der Waals surface area contributed by atoms with Gasteiger partial charge in [-0.05, 0) is 53.5 Å². The van der Waals surface area contributed by atoms with Gasteiger partial charge in [0.05, 0.1) is 0 Å². The maximum absolute atomic E-state index is 11.7. The molecule has 2 saturated heterocycles. The summed E-state index contributed by atoms with van der Waals surface area (Å²) in [5, 5.41) is 2.85. The summed E-state index contributed by atoms with van der Waals surface area (Å²) in [6.07, 6.45) is 3.14. The summed E-state index contributed by atoms with van der Waals surface area (Å²) in [6, 6.07) is 1.54. The van der Waals surface area contributed by atoms with Gasteiger partial charge in [-0.3, -0.25) is 9.80 Å². The fourth-order valence-corrected chi connectivity index (χ4v) is 3.79. The molecule has 0 bridgehead atoms. The zero-order chi connectivity index (χ0) is 17.0. The summed E-state index contributed by atoms with van der Waals surface area (Å²) < 4.78 is 5.27. The highest BCUT2D eigenvalue weighted by Crippen LogP contribution is 2.26. The van der Waals surface area contributed by atoms with Gasteiger partial charge in [0.2, 0.25) is 0 Å². The van der Waals surface area contributed by atoms with Gasteiger partial charge in [-0.25, -0.2) is 4.79 Å². The number of hydrogen-bond donors (Lipinski definition) is 2. The van der Waals surface area contributed by atoms with Gasteiger partial charge in [0.15, 0.2) is 0 Å². The second-order valence-electron chi connectivity index (χ2n) is 7.94. The van der Waals surface area contributed by atoms with Crippen LogP contribution in [0.4, 0.5) is 4.79 Å². The van der Waals surface area contributed by atoms with Crippen molar-refractivity contribution in [2.24, 2.45) is 5.73 Å². The Bertz CT molecular complexity index is 397. The van der Waals surface area contributed by atoms with Gasteiger partial charge in [0, 0.05) is 44.3 Å². The number of piperazine rings is 1. The van der Waals surface area contributed by atoms with E-state index in [4.69, 9.17) is 10.5 Å². The molecule has 0 aromatic rings. The van der Waals surface area contributed by atoms with Gasteiger partial charge in [-0.1, -0.05) is 0 Å². The third-order valence-electron chi connectivity index (χ3n) is 4.87. The number of rotatable bonds is 5. The number of carbonyl (C=O) groups is 1. The molecule has 0 aliphatic carbocycles. The molecule has 0 radical (unpaired) electrons. The molecule has 134 valence electrons. The number of nitrogens with two attached hydrogens (primary N) is 1. The Kier molecular flexibility index (Phi) is 6.28. The number of alkyl carbamates (subject to hydrolysis) is 1. The van der Waals surface area contributed by atoms with E-state index in [0.717, 1.165) is 19.5 Å². The SMILES string of the molecule is CC1CN2CCCC2CN1C(CN)CCNC(=O)OC(C)(C)C. The smallest absolute Gasteiger partial charge is 0.407 e. The maximum Gasteiger partial charge on any atom is 0.407 e. The van der Waals surface area contributed by atoms with E-state index in [9.17, 15) is 4.79 Å². The standard InChI is InChI=1S/C17H34N4O2/c1-13-11-20-9-5-6-15(20)12-21(13)14(10-18)7-8-19-16(22)23-17(2,3)4/h13-15H,5-12,18H2,1-4H3,(H,19,22). The Hall–Kier alpha value is -0.850. The van der Waals surface area contributed by atoms with Crippen LogP contribution in [-0.4, -0.2) is 72.3 Å². The number of nitrogens with one attached hydrogen (secondary N) is 1. The fourth-order valence-electron chi connectivity index (χ4n) is 3.79. The lowest BCUT2D eigenvalue weighted by molar-refractivity contribution is 0.0265. The predicted octanol–water partition coefficient (Wildman–Crippen LogP) is 1.40. The molecule has 2 aliphatic rings. The summed E-state index contributed by atoms with van der Waals surface area (Å²) in [5.74, 6) is 0. The predicted molar refractivity (Wildman–Crippen MR) is 92.5 cm³/mol. The lowest BCUT2D eigenvalue weighted by Crippen LogP contribution is -2.59. The van der Waals surface area contributed by atoms with Crippen LogP contribution in [0.3, 0.4) is 0 Å². The van der Waals surface area contributed by atoms with E-state index in [0.29, 0.717) is 31.2 Å². The van der Waals surface area contributed by atoms with Crippen LogP contribution in [0.1, 0.15) is 47.0 Å². The molecule has 6 nitrogen and oxygen atoms in total. The lowest BCUT2D eigenvalue weighted by atomic mass is 10.0. The van der Waals surface area contributed by atoms with Crippen molar-refractivity contribution in [3.8, 4) is 0 Å². The van der Waals surface area contributed by atoms with Crippen molar-refractivity contribution in [1.29, 1.82) is 0 Å². The summed E-state index contributed by atoms with van der Waals surface area (Å²) >= 11 is 0. The molecule has 3 N–H and O–H groups in total. The van der Waals surface area contributed by atoms with Crippen LogP contribution >= 0.6 is 0 Å². The van der Waals surface area contributed by atoms with Crippen molar-refractivity contribution >= 4 is 6.09 Å². The molecule has 0 aromatic carbocycles. The molecular formula is C17H34N4O2. The molecule has 3 unspecified atom stereocenters. The number of amides is 1. The van der Waals surface area contributed by atoms with Gasteiger partial charge in [-0.2, -0.15) is 0 Å².